The average Bonchev–Trinajstić information content (AvgIpc) is 3.00. The van der Waals surface area contributed by atoms with Gasteiger partial charge in [0.1, 0.15) is 18.0 Å². The largest absolute Gasteiger partial charge is 0.369 e. The van der Waals surface area contributed by atoms with Crippen LogP contribution in [0.15, 0.2) is 30.3 Å². The van der Waals surface area contributed by atoms with E-state index in [9.17, 15) is 4.79 Å². The van der Waals surface area contributed by atoms with Gasteiger partial charge in [0, 0.05) is 24.3 Å². The van der Waals surface area contributed by atoms with Crippen molar-refractivity contribution in [1.82, 2.24) is 25.6 Å². The molecule has 0 bridgehead atoms. The smallest absolute Gasteiger partial charge is 0.315 e. The van der Waals surface area contributed by atoms with Gasteiger partial charge in [-0.25, -0.2) is 14.8 Å². The Morgan fingerprint density at radius 1 is 1.14 bits per heavy atom. The Morgan fingerprint density at radius 2 is 1.93 bits per heavy atom. The van der Waals surface area contributed by atoms with Crippen molar-refractivity contribution in [3.63, 3.8) is 0 Å². The quantitative estimate of drug-likeness (QED) is 0.373. The number of anilines is 1. The molecule has 0 saturated carbocycles. The van der Waals surface area contributed by atoms with Gasteiger partial charge in [0.25, 0.3) is 0 Å². The van der Waals surface area contributed by atoms with Crippen molar-refractivity contribution >= 4 is 22.9 Å². The summed E-state index contributed by atoms with van der Waals surface area (Å²) in [6.07, 6.45) is 0.717. The van der Waals surface area contributed by atoms with Crippen LogP contribution in [0.4, 0.5) is 10.6 Å². The summed E-state index contributed by atoms with van der Waals surface area (Å²) in [4.78, 5) is 24.2. The number of nitriles is 1. The van der Waals surface area contributed by atoms with Crippen LogP contribution in [-0.2, 0) is 0 Å². The number of amides is 2. The summed E-state index contributed by atoms with van der Waals surface area (Å²) in [6, 6.07) is 11.4. The first-order valence-electron chi connectivity index (χ1n) is 9.15. The minimum atomic E-state index is -0.338. The molecular weight excluding hydrogens is 354 g/mol. The minimum Gasteiger partial charge on any atom is -0.369 e. The molecule has 3 rings (SSSR count). The first-order valence-corrected chi connectivity index (χ1v) is 9.15. The van der Waals surface area contributed by atoms with Gasteiger partial charge >= 0.3 is 6.03 Å². The fraction of sp³-hybridized carbons (Fsp3) is 0.300. The van der Waals surface area contributed by atoms with Crippen LogP contribution in [0.3, 0.4) is 0 Å². The van der Waals surface area contributed by atoms with Crippen molar-refractivity contribution in [3.05, 3.63) is 41.6 Å². The summed E-state index contributed by atoms with van der Waals surface area (Å²) in [5.74, 6) is 1.44. The first-order chi connectivity index (χ1) is 13.6. The lowest BCUT2D eigenvalue weighted by molar-refractivity contribution is 0.242. The van der Waals surface area contributed by atoms with E-state index in [4.69, 9.17) is 10.2 Å². The summed E-state index contributed by atoms with van der Waals surface area (Å²) in [6.45, 7) is 5.20. The van der Waals surface area contributed by atoms with Crippen molar-refractivity contribution in [3.8, 4) is 17.5 Å². The van der Waals surface area contributed by atoms with Crippen molar-refractivity contribution in [2.75, 3.05) is 25.0 Å². The molecule has 2 amide bonds. The highest BCUT2D eigenvalue weighted by Crippen LogP contribution is 2.29. The van der Waals surface area contributed by atoms with Crippen LogP contribution in [0.1, 0.15) is 17.7 Å². The number of fused-ring (bicyclic) bond motifs is 1. The number of nitrogens with one attached hydrogen (secondary N) is 4. The van der Waals surface area contributed by atoms with Gasteiger partial charge in [-0.3, -0.25) is 0 Å². The van der Waals surface area contributed by atoms with Crippen molar-refractivity contribution in [1.29, 1.82) is 5.26 Å². The molecule has 8 heteroatoms. The Bertz CT molecular complexity index is 1000. The maximum Gasteiger partial charge on any atom is 0.315 e. The molecule has 144 valence electrons. The number of H-pyrrole nitrogens is 1. The molecule has 3 aromatic rings. The second-order valence-electron chi connectivity index (χ2n) is 6.41. The predicted molar refractivity (Wildman–Crippen MR) is 109 cm³/mol. The van der Waals surface area contributed by atoms with Gasteiger partial charge in [0.15, 0.2) is 5.82 Å². The third-order valence-corrected chi connectivity index (χ3v) is 4.44. The fourth-order valence-corrected chi connectivity index (χ4v) is 2.89. The number of aromatic nitrogens is 3. The van der Waals surface area contributed by atoms with Crippen LogP contribution in [0.25, 0.3) is 22.4 Å². The first kappa shape index (κ1) is 19.2. The number of hydrogen-bond acceptors (Lipinski definition) is 5. The van der Waals surface area contributed by atoms with E-state index in [1.165, 1.54) is 0 Å². The molecule has 0 saturated heterocycles. The molecule has 0 atom stereocenters. The Labute approximate surface area is 163 Å². The molecular formula is C20H23N7O. The second-order valence-corrected chi connectivity index (χ2v) is 6.41. The molecule has 0 unspecified atom stereocenters. The number of aromatic amines is 1. The molecule has 0 aliphatic rings. The minimum absolute atomic E-state index is 0.00260. The Balaban J connectivity index is 1.72. The van der Waals surface area contributed by atoms with Gasteiger partial charge < -0.3 is 20.9 Å². The van der Waals surface area contributed by atoms with Crippen molar-refractivity contribution in [2.24, 2.45) is 0 Å². The second kappa shape index (κ2) is 8.86. The maximum absolute atomic E-state index is 11.4. The van der Waals surface area contributed by atoms with E-state index in [1.807, 2.05) is 50.2 Å². The lowest BCUT2D eigenvalue weighted by Gasteiger charge is -2.10. The third kappa shape index (κ3) is 4.38. The molecule has 28 heavy (non-hydrogen) atoms. The van der Waals surface area contributed by atoms with Gasteiger partial charge in [-0.15, -0.1) is 0 Å². The standard InChI is InChI=1S/C20H23N7O/c1-13-14(2)25-19-16(13)18(22-10-6-11-23-20(28)24-12-9-21)26-17(27-19)15-7-4-3-5-8-15/h3-5,7-8H,6,10-12H2,1-2H3,(H2,23,24,28)(H2,22,25,26,27). The molecule has 2 aromatic heterocycles. The van der Waals surface area contributed by atoms with Gasteiger partial charge in [0.05, 0.1) is 11.5 Å². The summed E-state index contributed by atoms with van der Waals surface area (Å²) >= 11 is 0. The number of hydrogen-bond donors (Lipinski definition) is 4. The molecule has 0 fully saturated rings. The molecule has 0 aliphatic carbocycles. The van der Waals surface area contributed by atoms with Crippen LogP contribution < -0.4 is 16.0 Å². The van der Waals surface area contributed by atoms with E-state index < -0.39 is 0 Å². The Morgan fingerprint density at radius 3 is 2.68 bits per heavy atom. The Kier molecular flexibility index (Phi) is 6.07. The molecule has 0 aliphatic heterocycles. The molecule has 4 N–H and O–H groups in total. The zero-order valence-corrected chi connectivity index (χ0v) is 16.0. The average molecular weight is 377 g/mol. The van der Waals surface area contributed by atoms with E-state index in [-0.39, 0.29) is 12.6 Å². The number of aryl methyl sites for hydroxylation is 2. The zero-order chi connectivity index (χ0) is 19.9. The fourth-order valence-electron chi connectivity index (χ4n) is 2.89. The number of carbonyl (C=O) groups is 1. The summed E-state index contributed by atoms with van der Waals surface area (Å²) in [7, 11) is 0. The third-order valence-electron chi connectivity index (χ3n) is 4.44. The maximum atomic E-state index is 11.4. The van der Waals surface area contributed by atoms with E-state index in [1.54, 1.807) is 0 Å². The highest BCUT2D eigenvalue weighted by Gasteiger charge is 2.14. The molecule has 1 aromatic carbocycles. The molecule has 2 heterocycles. The summed E-state index contributed by atoms with van der Waals surface area (Å²) in [5, 5.41) is 18.0. The molecule has 0 radical (unpaired) electrons. The van der Waals surface area contributed by atoms with Gasteiger partial charge in [-0.1, -0.05) is 30.3 Å². The highest BCUT2D eigenvalue weighted by molar-refractivity contribution is 5.92. The van der Waals surface area contributed by atoms with Crippen molar-refractivity contribution < 1.29 is 4.79 Å². The van der Waals surface area contributed by atoms with E-state index >= 15 is 0 Å². The number of urea groups is 1. The topological polar surface area (TPSA) is 119 Å². The van der Waals surface area contributed by atoms with E-state index in [0.717, 1.165) is 33.7 Å². The van der Waals surface area contributed by atoms with Crippen LogP contribution in [-0.4, -0.2) is 40.6 Å². The van der Waals surface area contributed by atoms with E-state index in [0.29, 0.717) is 25.3 Å². The lowest BCUT2D eigenvalue weighted by atomic mass is 10.2. The number of rotatable bonds is 7. The molecule has 0 spiro atoms. The summed E-state index contributed by atoms with van der Waals surface area (Å²) < 4.78 is 0. The highest BCUT2D eigenvalue weighted by atomic mass is 16.2. The number of carbonyl (C=O) groups excluding carboxylic acids is 1. The van der Waals surface area contributed by atoms with Crippen LogP contribution >= 0.6 is 0 Å². The van der Waals surface area contributed by atoms with Gasteiger partial charge in [0.2, 0.25) is 0 Å². The number of nitrogens with zero attached hydrogens (tertiary/aromatic N) is 3. The van der Waals surface area contributed by atoms with E-state index in [2.05, 4.69) is 25.9 Å². The summed E-state index contributed by atoms with van der Waals surface area (Å²) in [5.41, 5.74) is 3.94. The van der Waals surface area contributed by atoms with Crippen LogP contribution in [0.5, 0.6) is 0 Å². The molecule has 8 nitrogen and oxygen atoms in total. The van der Waals surface area contributed by atoms with Crippen LogP contribution in [0.2, 0.25) is 0 Å². The number of benzene rings is 1. The van der Waals surface area contributed by atoms with Gasteiger partial charge in [-0.2, -0.15) is 5.26 Å². The normalized spacial score (nSPS) is 10.5. The lowest BCUT2D eigenvalue weighted by Crippen LogP contribution is -2.36. The van der Waals surface area contributed by atoms with Gasteiger partial charge in [-0.05, 0) is 25.8 Å². The monoisotopic (exact) mass is 377 g/mol. The Hall–Kier alpha value is -3.60. The zero-order valence-electron chi connectivity index (χ0n) is 16.0. The van der Waals surface area contributed by atoms with Crippen molar-refractivity contribution in [2.45, 2.75) is 20.3 Å². The predicted octanol–water partition coefficient (Wildman–Crippen LogP) is 2.87. The SMILES string of the molecule is Cc1[nH]c2nc(-c3ccccc3)nc(NCCCNC(=O)NCC#N)c2c1C. The van der Waals surface area contributed by atoms with Crippen LogP contribution in [0, 0.1) is 25.2 Å².